The zero-order valence-corrected chi connectivity index (χ0v) is 12.1. The van der Waals surface area contributed by atoms with Gasteiger partial charge in [0.1, 0.15) is 11.6 Å². The molecule has 1 atom stereocenters. The lowest BCUT2D eigenvalue weighted by atomic mass is 10.1. The number of hydrogen-bond acceptors (Lipinski definition) is 3. The van der Waals surface area contributed by atoms with Gasteiger partial charge in [-0.2, -0.15) is 0 Å². The highest BCUT2D eigenvalue weighted by Gasteiger charge is 2.11. The molecule has 0 spiro atoms. The molecule has 2 N–H and O–H groups in total. The molecule has 1 aromatic heterocycles. The summed E-state index contributed by atoms with van der Waals surface area (Å²) >= 11 is 0. The predicted molar refractivity (Wildman–Crippen MR) is 80.8 cm³/mol. The maximum atomic E-state index is 12.8. The summed E-state index contributed by atoms with van der Waals surface area (Å²) in [6.07, 6.45) is 2.24. The van der Waals surface area contributed by atoms with E-state index in [1.807, 2.05) is 6.92 Å². The first-order chi connectivity index (χ1) is 10.1. The number of benzene rings is 1. The number of carbonyl (C=O) groups excluding carboxylic acids is 1. The largest absolute Gasteiger partial charge is 0.373 e. The number of anilines is 1. The number of nitrogens with zero attached hydrogens (tertiary/aromatic N) is 1. The molecule has 0 aliphatic heterocycles. The van der Waals surface area contributed by atoms with Crippen molar-refractivity contribution in [3.05, 3.63) is 59.5 Å². The van der Waals surface area contributed by atoms with Crippen LogP contribution in [0.1, 0.15) is 22.8 Å². The molecular weight excluding hydrogens is 269 g/mol. The van der Waals surface area contributed by atoms with Gasteiger partial charge in [0.2, 0.25) is 0 Å². The normalized spacial score (nSPS) is 11.8. The second kappa shape index (κ2) is 6.83. The van der Waals surface area contributed by atoms with Crippen LogP contribution in [0.25, 0.3) is 0 Å². The van der Waals surface area contributed by atoms with Gasteiger partial charge in [-0.15, -0.1) is 0 Å². The molecule has 4 nitrogen and oxygen atoms in total. The number of aromatic nitrogens is 1. The molecule has 0 saturated heterocycles. The van der Waals surface area contributed by atoms with E-state index in [0.717, 1.165) is 5.56 Å². The number of pyridine rings is 1. The number of rotatable bonds is 5. The molecule has 2 aromatic rings. The third kappa shape index (κ3) is 4.27. The molecule has 0 bridgehead atoms. The van der Waals surface area contributed by atoms with E-state index in [2.05, 4.69) is 15.6 Å². The molecule has 0 fully saturated rings. The lowest BCUT2D eigenvalue weighted by molar-refractivity contribution is 0.0940. The van der Waals surface area contributed by atoms with Crippen molar-refractivity contribution in [1.82, 2.24) is 10.3 Å². The molecule has 1 heterocycles. The van der Waals surface area contributed by atoms with Crippen molar-refractivity contribution in [2.45, 2.75) is 19.4 Å². The highest BCUT2D eigenvalue weighted by molar-refractivity contribution is 5.94. The lowest BCUT2D eigenvalue weighted by Crippen LogP contribution is -2.34. The number of nitrogens with one attached hydrogen (secondary N) is 2. The van der Waals surface area contributed by atoms with Crippen molar-refractivity contribution in [2.24, 2.45) is 0 Å². The molecule has 1 aromatic carbocycles. The minimum atomic E-state index is -0.258. The molecule has 21 heavy (non-hydrogen) atoms. The summed E-state index contributed by atoms with van der Waals surface area (Å²) in [7, 11) is 1.75. The fourth-order valence-electron chi connectivity index (χ4n) is 2.04. The van der Waals surface area contributed by atoms with E-state index in [-0.39, 0.29) is 17.8 Å². The number of amides is 1. The fraction of sp³-hybridized carbons (Fsp3) is 0.250. The zero-order valence-electron chi connectivity index (χ0n) is 12.1. The van der Waals surface area contributed by atoms with E-state index in [1.54, 1.807) is 37.5 Å². The minimum absolute atomic E-state index is 0.0471. The summed E-state index contributed by atoms with van der Waals surface area (Å²) in [5, 5.41) is 5.82. The standard InChI is InChI=1S/C16H18FN3O/c1-11(9-12-3-5-14(17)6-4-12)20-16(21)13-7-8-19-15(10-13)18-2/h3-8,10-11H,9H2,1-2H3,(H,18,19)(H,20,21). The SMILES string of the molecule is CNc1cc(C(=O)NC(C)Cc2ccc(F)cc2)ccn1. The summed E-state index contributed by atoms with van der Waals surface area (Å²) in [4.78, 5) is 16.2. The summed E-state index contributed by atoms with van der Waals surface area (Å²) in [5.41, 5.74) is 1.54. The Morgan fingerprint density at radius 2 is 2.00 bits per heavy atom. The van der Waals surface area contributed by atoms with Gasteiger partial charge in [0.25, 0.3) is 5.91 Å². The van der Waals surface area contributed by atoms with Crippen molar-refractivity contribution < 1.29 is 9.18 Å². The first-order valence-electron chi connectivity index (χ1n) is 6.77. The van der Waals surface area contributed by atoms with E-state index < -0.39 is 0 Å². The monoisotopic (exact) mass is 287 g/mol. The molecule has 5 heteroatoms. The lowest BCUT2D eigenvalue weighted by Gasteiger charge is -2.14. The van der Waals surface area contributed by atoms with Gasteiger partial charge < -0.3 is 10.6 Å². The van der Waals surface area contributed by atoms with Crippen LogP contribution in [0.3, 0.4) is 0 Å². The average Bonchev–Trinajstić information content (AvgIpc) is 2.49. The Hall–Kier alpha value is -2.43. The first-order valence-corrected chi connectivity index (χ1v) is 6.77. The van der Waals surface area contributed by atoms with Crippen molar-refractivity contribution >= 4 is 11.7 Å². The topological polar surface area (TPSA) is 54.0 Å². The first kappa shape index (κ1) is 15.0. The van der Waals surface area contributed by atoms with E-state index in [0.29, 0.717) is 17.8 Å². The van der Waals surface area contributed by atoms with Crippen molar-refractivity contribution in [2.75, 3.05) is 12.4 Å². The highest BCUT2D eigenvalue weighted by atomic mass is 19.1. The highest BCUT2D eigenvalue weighted by Crippen LogP contribution is 2.08. The van der Waals surface area contributed by atoms with Gasteiger partial charge in [-0.3, -0.25) is 4.79 Å². The molecule has 0 aliphatic carbocycles. The number of hydrogen-bond donors (Lipinski definition) is 2. The third-order valence-corrected chi connectivity index (χ3v) is 3.11. The Kier molecular flexibility index (Phi) is 4.87. The Morgan fingerprint density at radius 3 is 2.67 bits per heavy atom. The smallest absolute Gasteiger partial charge is 0.251 e. The average molecular weight is 287 g/mol. The van der Waals surface area contributed by atoms with Crippen LogP contribution in [0.5, 0.6) is 0 Å². The Morgan fingerprint density at radius 1 is 1.29 bits per heavy atom. The van der Waals surface area contributed by atoms with Crippen LogP contribution in [0.15, 0.2) is 42.6 Å². The van der Waals surface area contributed by atoms with Crippen LogP contribution in [0.4, 0.5) is 10.2 Å². The van der Waals surface area contributed by atoms with E-state index in [1.165, 1.54) is 12.1 Å². The van der Waals surface area contributed by atoms with Gasteiger partial charge in [-0.25, -0.2) is 9.37 Å². The third-order valence-electron chi connectivity index (χ3n) is 3.11. The molecule has 1 amide bonds. The molecule has 110 valence electrons. The van der Waals surface area contributed by atoms with E-state index >= 15 is 0 Å². The second-order valence-corrected chi connectivity index (χ2v) is 4.88. The van der Waals surface area contributed by atoms with Crippen LogP contribution >= 0.6 is 0 Å². The van der Waals surface area contributed by atoms with Crippen LogP contribution in [0.2, 0.25) is 0 Å². The Balaban J connectivity index is 1.96. The number of halogens is 1. The predicted octanol–water partition coefficient (Wildman–Crippen LogP) is 2.62. The quantitative estimate of drug-likeness (QED) is 0.889. The van der Waals surface area contributed by atoms with Gasteiger partial charge in [0.15, 0.2) is 0 Å². The van der Waals surface area contributed by atoms with Crippen LogP contribution in [0, 0.1) is 5.82 Å². The van der Waals surface area contributed by atoms with Gasteiger partial charge in [-0.05, 0) is 43.2 Å². The Bertz CT molecular complexity index is 613. The van der Waals surface area contributed by atoms with Crippen LogP contribution in [-0.4, -0.2) is 24.0 Å². The number of carbonyl (C=O) groups is 1. The maximum absolute atomic E-state index is 12.8. The van der Waals surface area contributed by atoms with Gasteiger partial charge >= 0.3 is 0 Å². The Labute approximate surface area is 123 Å². The zero-order chi connectivity index (χ0) is 15.2. The molecule has 0 saturated carbocycles. The fourth-order valence-corrected chi connectivity index (χ4v) is 2.04. The van der Waals surface area contributed by atoms with E-state index in [4.69, 9.17) is 0 Å². The van der Waals surface area contributed by atoms with Crippen LogP contribution < -0.4 is 10.6 Å². The molecule has 1 unspecified atom stereocenters. The maximum Gasteiger partial charge on any atom is 0.251 e. The summed E-state index contributed by atoms with van der Waals surface area (Å²) in [5.74, 6) is 0.240. The van der Waals surface area contributed by atoms with Crippen LogP contribution in [-0.2, 0) is 6.42 Å². The molecule has 0 radical (unpaired) electrons. The minimum Gasteiger partial charge on any atom is -0.373 e. The van der Waals surface area contributed by atoms with E-state index in [9.17, 15) is 9.18 Å². The van der Waals surface area contributed by atoms with Crippen molar-refractivity contribution in [3.8, 4) is 0 Å². The summed E-state index contributed by atoms with van der Waals surface area (Å²) in [6, 6.07) is 9.61. The van der Waals surface area contributed by atoms with Crippen molar-refractivity contribution in [1.29, 1.82) is 0 Å². The second-order valence-electron chi connectivity index (χ2n) is 4.88. The van der Waals surface area contributed by atoms with Gasteiger partial charge in [0, 0.05) is 24.8 Å². The summed E-state index contributed by atoms with van der Waals surface area (Å²) in [6.45, 7) is 1.92. The molecular formula is C16H18FN3O. The molecule has 2 rings (SSSR count). The van der Waals surface area contributed by atoms with Gasteiger partial charge in [0.05, 0.1) is 0 Å². The van der Waals surface area contributed by atoms with Crippen molar-refractivity contribution in [3.63, 3.8) is 0 Å². The molecule has 0 aliphatic rings. The van der Waals surface area contributed by atoms with Gasteiger partial charge in [-0.1, -0.05) is 12.1 Å². The summed E-state index contributed by atoms with van der Waals surface area (Å²) < 4.78 is 12.8.